The summed E-state index contributed by atoms with van der Waals surface area (Å²) in [6.07, 6.45) is 0.810. The Morgan fingerprint density at radius 1 is 1.29 bits per heavy atom. The zero-order chi connectivity index (χ0) is 12.7. The maximum absolute atomic E-state index is 11.5. The second-order valence-electron chi connectivity index (χ2n) is 3.63. The average molecular weight is 274 g/mol. The molecule has 0 radical (unpaired) electrons. The van der Waals surface area contributed by atoms with E-state index in [0.717, 1.165) is 11.3 Å². The van der Waals surface area contributed by atoms with Crippen molar-refractivity contribution >= 4 is 27.5 Å². The Labute approximate surface area is 107 Å². The summed E-state index contributed by atoms with van der Waals surface area (Å²) in [4.78, 5) is 1.03. The number of anilines is 1. The largest absolute Gasteiger partial charge is 0.399 e. The molecule has 6 heteroatoms. The van der Waals surface area contributed by atoms with Crippen LogP contribution in [-0.2, 0) is 10.0 Å². The van der Waals surface area contributed by atoms with Crippen LogP contribution < -0.4 is 10.5 Å². The van der Waals surface area contributed by atoms with Gasteiger partial charge in [0.1, 0.15) is 0 Å². The van der Waals surface area contributed by atoms with Crippen molar-refractivity contribution in [1.82, 2.24) is 4.72 Å². The van der Waals surface area contributed by atoms with Gasteiger partial charge in [-0.25, -0.2) is 13.1 Å². The molecule has 4 nitrogen and oxygen atoms in total. The first-order valence-corrected chi connectivity index (χ1v) is 8.13. The Balaban J connectivity index is 2.34. The van der Waals surface area contributed by atoms with Gasteiger partial charge in [-0.15, -0.1) is 11.8 Å². The lowest BCUT2D eigenvalue weighted by molar-refractivity contribution is 0.582. The molecule has 0 saturated carbocycles. The van der Waals surface area contributed by atoms with Gasteiger partial charge in [-0.2, -0.15) is 0 Å². The monoisotopic (exact) mass is 274 g/mol. The zero-order valence-corrected chi connectivity index (χ0v) is 11.5. The molecule has 0 heterocycles. The van der Waals surface area contributed by atoms with E-state index in [1.807, 2.05) is 31.2 Å². The van der Waals surface area contributed by atoms with Crippen LogP contribution in [0.15, 0.2) is 29.2 Å². The lowest BCUT2D eigenvalue weighted by atomic mass is 10.3. The standard InChI is InChI=1S/C11H18N2O2S2/c1-2-7-13-17(14,15)9-8-16-11-5-3-10(12)4-6-11/h3-6,13H,2,7-9,12H2,1H3. The summed E-state index contributed by atoms with van der Waals surface area (Å²) in [5.74, 6) is 0.686. The summed E-state index contributed by atoms with van der Waals surface area (Å²) in [5.41, 5.74) is 6.28. The van der Waals surface area contributed by atoms with E-state index in [-0.39, 0.29) is 5.75 Å². The van der Waals surface area contributed by atoms with Crippen LogP contribution in [0.25, 0.3) is 0 Å². The summed E-state index contributed by atoms with van der Waals surface area (Å²) >= 11 is 1.51. The number of nitrogens with two attached hydrogens (primary N) is 1. The van der Waals surface area contributed by atoms with Gasteiger partial charge in [0.05, 0.1) is 5.75 Å². The molecule has 0 fully saturated rings. The van der Waals surface area contributed by atoms with Gasteiger partial charge in [0.2, 0.25) is 10.0 Å². The van der Waals surface area contributed by atoms with Crippen LogP contribution in [0.5, 0.6) is 0 Å². The van der Waals surface area contributed by atoms with Gasteiger partial charge in [-0.05, 0) is 30.7 Å². The topological polar surface area (TPSA) is 72.2 Å². The van der Waals surface area contributed by atoms with Crippen molar-refractivity contribution in [2.45, 2.75) is 18.2 Å². The highest BCUT2D eigenvalue weighted by Gasteiger charge is 2.08. The molecule has 1 aromatic rings. The van der Waals surface area contributed by atoms with Crippen molar-refractivity contribution in [3.63, 3.8) is 0 Å². The molecule has 1 rings (SSSR count). The summed E-state index contributed by atoms with van der Waals surface area (Å²) in [6.45, 7) is 2.44. The van der Waals surface area contributed by atoms with Crippen molar-refractivity contribution < 1.29 is 8.42 Å². The van der Waals surface area contributed by atoms with E-state index in [4.69, 9.17) is 5.73 Å². The highest BCUT2D eigenvalue weighted by atomic mass is 32.2. The molecule has 1 aromatic carbocycles. The van der Waals surface area contributed by atoms with Crippen LogP contribution in [0.2, 0.25) is 0 Å². The molecular formula is C11H18N2O2S2. The normalized spacial score (nSPS) is 11.6. The second-order valence-corrected chi connectivity index (χ2v) is 6.73. The molecule has 0 amide bonds. The van der Waals surface area contributed by atoms with Gasteiger partial charge >= 0.3 is 0 Å². The number of hydrogen-bond acceptors (Lipinski definition) is 4. The number of hydrogen-bond donors (Lipinski definition) is 2. The third-order valence-electron chi connectivity index (χ3n) is 2.07. The van der Waals surface area contributed by atoms with Gasteiger partial charge < -0.3 is 5.73 Å². The highest BCUT2D eigenvalue weighted by molar-refractivity contribution is 8.00. The molecule has 0 aliphatic rings. The van der Waals surface area contributed by atoms with Gasteiger partial charge in [-0.3, -0.25) is 0 Å². The maximum atomic E-state index is 11.5. The Morgan fingerprint density at radius 2 is 1.94 bits per heavy atom. The average Bonchev–Trinajstić information content (AvgIpc) is 2.29. The van der Waals surface area contributed by atoms with E-state index in [1.54, 1.807) is 0 Å². The van der Waals surface area contributed by atoms with Crippen LogP contribution in [0.1, 0.15) is 13.3 Å². The molecule has 0 aliphatic heterocycles. The number of thioether (sulfide) groups is 1. The van der Waals surface area contributed by atoms with Crippen LogP contribution in [0.4, 0.5) is 5.69 Å². The summed E-state index contributed by atoms with van der Waals surface area (Å²) in [6, 6.07) is 7.41. The molecule has 0 bridgehead atoms. The van der Waals surface area contributed by atoms with Crippen LogP contribution >= 0.6 is 11.8 Å². The number of nitrogens with one attached hydrogen (secondary N) is 1. The Morgan fingerprint density at radius 3 is 2.53 bits per heavy atom. The predicted molar refractivity (Wildman–Crippen MR) is 73.7 cm³/mol. The van der Waals surface area contributed by atoms with Gasteiger partial charge in [-0.1, -0.05) is 6.92 Å². The molecular weight excluding hydrogens is 256 g/mol. The van der Waals surface area contributed by atoms with Gasteiger partial charge in [0.25, 0.3) is 0 Å². The van der Waals surface area contributed by atoms with Crippen LogP contribution in [-0.4, -0.2) is 26.5 Å². The fourth-order valence-electron chi connectivity index (χ4n) is 1.16. The summed E-state index contributed by atoms with van der Waals surface area (Å²) < 4.78 is 25.5. The number of nitrogen functional groups attached to an aromatic ring is 1. The van der Waals surface area contributed by atoms with Crippen molar-refractivity contribution in [1.29, 1.82) is 0 Å². The van der Waals surface area contributed by atoms with Crippen molar-refractivity contribution in [3.8, 4) is 0 Å². The van der Waals surface area contributed by atoms with Crippen LogP contribution in [0, 0.1) is 0 Å². The number of rotatable bonds is 7. The summed E-state index contributed by atoms with van der Waals surface area (Å²) in [7, 11) is -3.12. The molecule has 0 atom stereocenters. The van der Waals surface area contributed by atoms with E-state index in [2.05, 4.69) is 4.72 Å². The SMILES string of the molecule is CCCNS(=O)(=O)CCSc1ccc(N)cc1. The fraction of sp³-hybridized carbons (Fsp3) is 0.455. The van der Waals surface area contributed by atoms with E-state index in [0.29, 0.717) is 18.0 Å². The van der Waals surface area contributed by atoms with E-state index < -0.39 is 10.0 Å². The minimum Gasteiger partial charge on any atom is -0.399 e. The first-order chi connectivity index (χ1) is 8.03. The molecule has 96 valence electrons. The maximum Gasteiger partial charge on any atom is 0.212 e. The third-order valence-corrected chi connectivity index (χ3v) is 4.73. The highest BCUT2D eigenvalue weighted by Crippen LogP contribution is 2.19. The Bertz CT molecular complexity index is 429. The van der Waals surface area contributed by atoms with Gasteiger partial charge in [0.15, 0.2) is 0 Å². The zero-order valence-electron chi connectivity index (χ0n) is 9.85. The van der Waals surface area contributed by atoms with Crippen molar-refractivity contribution in [3.05, 3.63) is 24.3 Å². The lowest BCUT2D eigenvalue weighted by Gasteiger charge is -2.05. The van der Waals surface area contributed by atoms with E-state index in [1.165, 1.54) is 11.8 Å². The summed E-state index contributed by atoms with van der Waals surface area (Å²) in [5, 5.41) is 0. The molecule has 0 spiro atoms. The number of benzene rings is 1. The molecule has 0 unspecified atom stereocenters. The van der Waals surface area contributed by atoms with Crippen LogP contribution in [0.3, 0.4) is 0 Å². The molecule has 0 aromatic heterocycles. The Kier molecular flexibility index (Phi) is 5.80. The Hall–Kier alpha value is -0.720. The van der Waals surface area contributed by atoms with Gasteiger partial charge in [0, 0.05) is 22.9 Å². The smallest absolute Gasteiger partial charge is 0.212 e. The fourth-order valence-corrected chi connectivity index (χ4v) is 3.60. The van der Waals surface area contributed by atoms with Crippen molar-refractivity contribution in [2.24, 2.45) is 0 Å². The number of sulfonamides is 1. The quantitative estimate of drug-likeness (QED) is 0.586. The molecule has 17 heavy (non-hydrogen) atoms. The van der Waals surface area contributed by atoms with E-state index in [9.17, 15) is 8.42 Å². The first-order valence-electron chi connectivity index (χ1n) is 5.49. The minimum atomic E-state index is -3.12. The molecule has 3 N–H and O–H groups in total. The van der Waals surface area contributed by atoms with E-state index >= 15 is 0 Å². The second kappa shape index (κ2) is 6.88. The minimum absolute atomic E-state index is 0.141. The predicted octanol–water partition coefficient (Wildman–Crippen LogP) is 1.69. The molecule has 0 saturated heterocycles. The first kappa shape index (κ1) is 14.3. The molecule has 0 aliphatic carbocycles. The lowest BCUT2D eigenvalue weighted by Crippen LogP contribution is -2.27. The third kappa shape index (κ3) is 5.95. The van der Waals surface area contributed by atoms with Crippen molar-refractivity contribution in [2.75, 3.05) is 23.8 Å².